The van der Waals surface area contributed by atoms with Gasteiger partial charge in [0.15, 0.2) is 9.84 Å². The van der Waals surface area contributed by atoms with E-state index in [1.54, 1.807) is 0 Å². The third-order valence-electron chi connectivity index (χ3n) is 2.93. The van der Waals surface area contributed by atoms with Gasteiger partial charge in [0, 0.05) is 13.6 Å². The van der Waals surface area contributed by atoms with Gasteiger partial charge >= 0.3 is 5.97 Å². The molecule has 6 nitrogen and oxygen atoms in total. The molecule has 0 aromatic rings. The van der Waals surface area contributed by atoms with Gasteiger partial charge in [0.05, 0.1) is 23.3 Å². The molecule has 0 spiro atoms. The van der Waals surface area contributed by atoms with E-state index in [0.29, 0.717) is 6.42 Å². The molecule has 7 heteroatoms. The first-order valence-electron chi connectivity index (χ1n) is 5.41. The Morgan fingerprint density at radius 3 is 2.47 bits per heavy atom. The minimum Gasteiger partial charge on any atom is -0.481 e. The quantitative estimate of drug-likeness (QED) is 0.745. The van der Waals surface area contributed by atoms with E-state index in [-0.39, 0.29) is 24.0 Å². The summed E-state index contributed by atoms with van der Waals surface area (Å²) in [7, 11) is -1.58. The molecule has 1 heterocycles. The van der Waals surface area contributed by atoms with Crippen LogP contribution in [0.2, 0.25) is 0 Å². The van der Waals surface area contributed by atoms with Gasteiger partial charge in [-0.25, -0.2) is 8.42 Å². The lowest BCUT2D eigenvalue weighted by atomic mass is 10.1. The Bertz CT molecular complexity index is 416. The topological polar surface area (TPSA) is 91.8 Å². The van der Waals surface area contributed by atoms with E-state index >= 15 is 0 Å². The van der Waals surface area contributed by atoms with Crippen molar-refractivity contribution in [1.82, 2.24) is 4.90 Å². The lowest BCUT2D eigenvalue weighted by molar-refractivity contribution is -0.143. The largest absolute Gasteiger partial charge is 0.481 e. The SMILES string of the molecule is CC(CN(C)C(=O)C1CCS(=O)(=O)C1)C(=O)O. The van der Waals surface area contributed by atoms with Crippen molar-refractivity contribution in [3.63, 3.8) is 0 Å². The molecular formula is C10H17NO5S. The zero-order chi connectivity index (χ0) is 13.2. The second-order valence-electron chi connectivity index (χ2n) is 4.56. The van der Waals surface area contributed by atoms with Gasteiger partial charge in [-0.15, -0.1) is 0 Å². The number of nitrogens with zero attached hydrogens (tertiary/aromatic N) is 1. The Hall–Kier alpha value is -1.11. The number of amides is 1. The molecule has 0 bridgehead atoms. The Morgan fingerprint density at radius 2 is 2.06 bits per heavy atom. The normalized spacial score (nSPS) is 24.2. The molecule has 0 saturated carbocycles. The fraction of sp³-hybridized carbons (Fsp3) is 0.800. The van der Waals surface area contributed by atoms with Crippen LogP contribution in [0.3, 0.4) is 0 Å². The molecule has 1 amide bonds. The van der Waals surface area contributed by atoms with Gasteiger partial charge < -0.3 is 10.0 Å². The fourth-order valence-electron chi connectivity index (χ4n) is 1.88. The van der Waals surface area contributed by atoms with E-state index in [9.17, 15) is 18.0 Å². The van der Waals surface area contributed by atoms with Crippen molar-refractivity contribution in [2.45, 2.75) is 13.3 Å². The highest BCUT2D eigenvalue weighted by atomic mass is 32.2. The van der Waals surface area contributed by atoms with Crippen LogP contribution in [0.25, 0.3) is 0 Å². The third-order valence-corrected chi connectivity index (χ3v) is 4.70. The predicted molar refractivity (Wildman–Crippen MR) is 61.2 cm³/mol. The predicted octanol–water partition coefficient (Wildman–Crippen LogP) is -0.400. The smallest absolute Gasteiger partial charge is 0.308 e. The van der Waals surface area contributed by atoms with Crippen LogP contribution < -0.4 is 0 Å². The van der Waals surface area contributed by atoms with E-state index < -0.39 is 27.6 Å². The van der Waals surface area contributed by atoms with E-state index in [4.69, 9.17) is 5.11 Å². The molecule has 17 heavy (non-hydrogen) atoms. The van der Waals surface area contributed by atoms with Gasteiger partial charge in [0.1, 0.15) is 0 Å². The lowest BCUT2D eigenvalue weighted by Gasteiger charge is -2.22. The summed E-state index contributed by atoms with van der Waals surface area (Å²) < 4.78 is 22.5. The zero-order valence-corrected chi connectivity index (χ0v) is 10.7. The van der Waals surface area contributed by atoms with Crippen LogP contribution in [-0.4, -0.2) is 55.4 Å². The van der Waals surface area contributed by atoms with E-state index in [1.807, 2.05) is 0 Å². The standard InChI is InChI=1S/C10H17NO5S/c1-7(10(13)14)5-11(2)9(12)8-3-4-17(15,16)6-8/h7-8H,3-6H2,1-2H3,(H,13,14). The van der Waals surface area contributed by atoms with Gasteiger partial charge in [-0.1, -0.05) is 6.92 Å². The first-order valence-corrected chi connectivity index (χ1v) is 7.23. The summed E-state index contributed by atoms with van der Waals surface area (Å²) in [6, 6.07) is 0. The maximum Gasteiger partial charge on any atom is 0.308 e. The summed E-state index contributed by atoms with van der Waals surface area (Å²) in [5, 5.41) is 8.73. The first-order chi connectivity index (χ1) is 7.73. The van der Waals surface area contributed by atoms with Crippen molar-refractivity contribution in [2.75, 3.05) is 25.1 Å². The summed E-state index contributed by atoms with van der Waals surface area (Å²) in [5.74, 6) is -2.47. The highest BCUT2D eigenvalue weighted by Gasteiger charge is 2.34. The molecule has 0 aliphatic carbocycles. The van der Waals surface area contributed by atoms with Gasteiger partial charge in [0.2, 0.25) is 5.91 Å². The van der Waals surface area contributed by atoms with Crippen LogP contribution in [0, 0.1) is 11.8 Å². The molecular weight excluding hydrogens is 246 g/mol. The van der Waals surface area contributed by atoms with E-state index in [1.165, 1.54) is 18.9 Å². The maximum atomic E-state index is 11.9. The summed E-state index contributed by atoms with van der Waals surface area (Å²) in [6.07, 6.45) is 0.340. The molecule has 0 aromatic carbocycles. The van der Waals surface area contributed by atoms with Gasteiger partial charge in [-0.05, 0) is 6.42 Å². The summed E-state index contributed by atoms with van der Waals surface area (Å²) in [5.41, 5.74) is 0. The van der Waals surface area contributed by atoms with Crippen molar-refractivity contribution in [3.8, 4) is 0 Å². The average Bonchev–Trinajstić information content (AvgIpc) is 2.57. The molecule has 0 radical (unpaired) electrons. The number of carboxylic acid groups (broad SMARTS) is 1. The molecule has 1 N–H and O–H groups in total. The second-order valence-corrected chi connectivity index (χ2v) is 6.79. The number of aliphatic carboxylic acids is 1. The van der Waals surface area contributed by atoms with Crippen molar-refractivity contribution in [3.05, 3.63) is 0 Å². The number of hydrogen-bond acceptors (Lipinski definition) is 4. The first kappa shape index (κ1) is 14.0. The Balaban J connectivity index is 2.56. The van der Waals surface area contributed by atoms with Crippen molar-refractivity contribution >= 4 is 21.7 Å². The molecule has 2 unspecified atom stereocenters. The monoisotopic (exact) mass is 263 g/mol. The van der Waals surface area contributed by atoms with Crippen molar-refractivity contribution in [1.29, 1.82) is 0 Å². The molecule has 1 aliphatic heterocycles. The van der Waals surface area contributed by atoms with Crippen LogP contribution in [0.15, 0.2) is 0 Å². The Labute approximate surface area is 101 Å². The van der Waals surface area contributed by atoms with Crippen molar-refractivity contribution in [2.24, 2.45) is 11.8 Å². The average molecular weight is 263 g/mol. The minimum atomic E-state index is -3.08. The third kappa shape index (κ3) is 3.69. The van der Waals surface area contributed by atoms with E-state index in [2.05, 4.69) is 0 Å². The summed E-state index contributed by atoms with van der Waals surface area (Å²) >= 11 is 0. The van der Waals surface area contributed by atoms with Crippen LogP contribution in [0.1, 0.15) is 13.3 Å². The zero-order valence-electron chi connectivity index (χ0n) is 9.92. The molecule has 98 valence electrons. The van der Waals surface area contributed by atoms with Crippen LogP contribution in [0.5, 0.6) is 0 Å². The highest BCUT2D eigenvalue weighted by molar-refractivity contribution is 7.91. The van der Waals surface area contributed by atoms with Crippen LogP contribution in [0.4, 0.5) is 0 Å². The van der Waals surface area contributed by atoms with E-state index in [0.717, 1.165) is 0 Å². The number of rotatable bonds is 4. The Kier molecular flexibility index (Phi) is 4.13. The summed E-state index contributed by atoms with van der Waals surface area (Å²) in [6.45, 7) is 1.61. The molecule has 1 fully saturated rings. The van der Waals surface area contributed by atoms with Crippen LogP contribution >= 0.6 is 0 Å². The second kappa shape index (κ2) is 5.03. The van der Waals surface area contributed by atoms with Gasteiger partial charge in [-0.2, -0.15) is 0 Å². The molecule has 0 aromatic heterocycles. The maximum absolute atomic E-state index is 11.9. The van der Waals surface area contributed by atoms with Crippen LogP contribution in [-0.2, 0) is 19.4 Å². The number of carbonyl (C=O) groups is 2. The number of hydrogen-bond donors (Lipinski definition) is 1. The fourth-order valence-corrected chi connectivity index (χ4v) is 3.61. The number of sulfone groups is 1. The lowest BCUT2D eigenvalue weighted by Crippen LogP contribution is -2.38. The molecule has 2 atom stereocenters. The van der Waals surface area contributed by atoms with Gasteiger partial charge in [-0.3, -0.25) is 9.59 Å². The number of carbonyl (C=O) groups excluding carboxylic acids is 1. The summed E-state index contributed by atoms with van der Waals surface area (Å²) in [4.78, 5) is 23.8. The highest BCUT2D eigenvalue weighted by Crippen LogP contribution is 2.20. The molecule has 1 saturated heterocycles. The van der Waals surface area contributed by atoms with Gasteiger partial charge in [0.25, 0.3) is 0 Å². The number of carboxylic acids is 1. The molecule has 1 aliphatic rings. The minimum absolute atomic E-state index is 0.0474. The van der Waals surface area contributed by atoms with Crippen molar-refractivity contribution < 1.29 is 23.1 Å². The molecule has 1 rings (SSSR count). The Morgan fingerprint density at radius 1 is 1.47 bits per heavy atom.